The van der Waals surface area contributed by atoms with E-state index in [0.29, 0.717) is 29.7 Å². The fourth-order valence-electron chi connectivity index (χ4n) is 2.35. The summed E-state index contributed by atoms with van der Waals surface area (Å²) >= 11 is 0. The molecular weight excluding hydrogens is 282 g/mol. The number of hydrogen-bond acceptors (Lipinski definition) is 4. The molecule has 0 atom stereocenters. The van der Waals surface area contributed by atoms with E-state index in [1.807, 2.05) is 13.8 Å². The predicted octanol–water partition coefficient (Wildman–Crippen LogP) is 2.27. The Kier molecular flexibility index (Phi) is 4.60. The standard InChI is InChI=1S/C16H19N3O3/c1-9-12(16(17)21)5-4-6-14(9)18-15(20)8-7-13-10(2)19-22-11(13)3/h4-6H,7-8H2,1-3H3,(H2,17,21)(H,18,20). The largest absolute Gasteiger partial charge is 0.366 e. The molecule has 0 spiro atoms. The summed E-state index contributed by atoms with van der Waals surface area (Å²) in [7, 11) is 0. The number of aryl methyl sites for hydroxylation is 2. The van der Waals surface area contributed by atoms with Crippen LogP contribution in [0.25, 0.3) is 0 Å². The number of anilines is 1. The Bertz CT molecular complexity index is 700. The predicted molar refractivity (Wildman–Crippen MR) is 82.6 cm³/mol. The minimum atomic E-state index is -0.510. The lowest BCUT2D eigenvalue weighted by molar-refractivity contribution is -0.116. The van der Waals surface area contributed by atoms with Crippen molar-refractivity contribution in [2.75, 3.05) is 5.32 Å². The van der Waals surface area contributed by atoms with Gasteiger partial charge in [-0.2, -0.15) is 0 Å². The van der Waals surface area contributed by atoms with E-state index in [-0.39, 0.29) is 5.91 Å². The van der Waals surface area contributed by atoms with Crippen LogP contribution in [0, 0.1) is 20.8 Å². The first-order chi connectivity index (χ1) is 10.4. The highest BCUT2D eigenvalue weighted by Gasteiger charge is 2.13. The minimum Gasteiger partial charge on any atom is -0.366 e. The first kappa shape index (κ1) is 15.8. The van der Waals surface area contributed by atoms with Crippen LogP contribution in [0.5, 0.6) is 0 Å². The van der Waals surface area contributed by atoms with Crippen LogP contribution >= 0.6 is 0 Å². The van der Waals surface area contributed by atoms with E-state index in [2.05, 4.69) is 10.5 Å². The molecule has 0 saturated heterocycles. The molecule has 1 aromatic carbocycles. The van der Waals surface area contributed by atoms with Crippen LogP contribution in [0.2, 0.25) is 0 Å². The molecule has 0 aliphatic heterocycles. The second kappa shape index (κ2) is 6.43. The van der Waals surface area contributed by atoms with Gasteiger partial charge in [-0.3, -0.25) is 9.59 Å². The maximum Gasteiger partial charge on any atom is 0.249 e. The SMILES string of the molecule is Cc1noc(C)c1CCC(=O)Nc1cccc(C(N)=O)c1C. The lowest BCUT2D eigenvalue weighted by Gasteiger charge is -2.10. The number of benzene rings is 1. The van der Waals surface area contributed by atoms with Crippen molar-refractivity contribution in [3.8, 4) is 0 Å². The second-order valence-electron chi connectivity index (χ2n) is 5.19. The van der Waals surface area contributed by atoms with Crippen LogP contribution in [0.1, 0.15) is 39.4 Å². The number of rotatable bonds is 5. The Morgan fingerprint density at radius 2 is 2.00 bits per heavy atom. The number of hydrogen-bond donors (Lipinski definition) is 2. The third-order valence-corrected chi connectivity index (χ3v) is 3.66. The molecule has 2 amide bonds. The Morgan fingerprint density at radius 3 is 2.59 bits per heavy atom. The van der Waals surface area contributed by atoms with E-state index in [0.717, 1.165) is 17.0 Å². The maximum absolute atomic E-state index is 12.1. The van der Waals surface area contributed by atoms with Gasteiger partial charge in [-0.15, -0.1) is 0 Å². The van der Waals surface area contributed by atoms with Crippen LogP contribution in [-0.4, -0.2) is 17.0 Å². The maximum atomic E-state index is 12.1. The van der Waals surface area contributed by atoms with Gasteiger partial charge < -0.3 is 15.6 Å². The zero-order valence-electron chi connectivity index (χ0n) is 12.9. The Hall–Kier alpha value is -2.63. The summed E-state index contributed by atoms with van der Waals surface area (Å²) in [5, 5.41) is 6.67. The highest BCUT2D eigenvalue weighted by molar-refractivity contribution is 5.98. The number of aromatic nitrogens is 1. The molecule has 0 saturated carbocycles. The van der Waals surface area contributed by atoms with Gasteiger partial charge >= 0.3 is 0 Å². The molecule has 6 nitrogen and oxygen atoms in total. The number of nitrogens with two attached hydrogens (primary N) is 1. The number of primary amides is 1. The van der Waals surface area contributed by atoms with Crippen LogP contribution in [0.4, 0.5) is 5.69 Å². The summed E-state index contributed by atoms with van der Waals surface area (Å²) in [4.78, 5) is 23.4. The summed E-state index contributed by atoms with van der Waals surface area (Å²) in [6.07, 6.45) is 0.866. The molecule has 0 fully saturated rings. The molecule has 1 aromatic heterocycles. The zero-order chi connectivity index (χ0) is 16.3. The highest BCUT2D eigenvalue weighted by Crippen LogP contribution is 2.19. The molecule has 6 heteroatoms. The Labute approximate surface area is 128 Å². The lowest BCUT2D eigenvalue weighted by Crippen LogP contribution is -2.17. The van der Waals surface area contributed by atoms with Crippen molar-refractivity contribution in [2.45, 2.75) is 33.6 Å². The van der Waals surface area contributed by atoms with Gasteiger partial charge in [0.2, 0.25) is 11.8 Å². The first-order valence-electron chi connectivity index (χ1n) is 7.01. The zero-order valence-corrected chi connectivity index (χ0v) is 12.9. The second-order valence-corrected chi connectivity index (χ2v) is 5.19. The molecule has 0 aliphatic carbocycles. The molecule has 116 valence electrons. The van der Waals surface area contributed by atoms with Crippen molar-refractivity contribution >= 4 is 17.5 Å². The van der Waals surface area contributed by atoms with Gasteiger partial charge in [-0.1, -0.05) is 11.2 Å². The van der Waals surface area contributed by atoms with Crippen LogP contribution < -0.4 is 11.1 Å². The number of nitrogens with zero attached hydrogens (tertiary/aromatic N) is 1. The first-order valence-corrected chi connectivity index (χ1v) is 7.01. The summed E-state index contributed by atoms with van der Waals surface area (Å²) < 4.78 is 5.07. The number of amides is 2. The van der Waals surface area contributed by atoms with Crippen molar-refractivity contribution in [2.24, 2.45) is 5.73 Å². The molecule has 1 heterocycles. The summed E-state index contributed by atoms with van der Waals surface area (Å²) in [6, 6.07) is 5.07. The minimum absolute atomic E-state index is 0.135. The smallest absolute Gasteiger partial charge is 0.249 e. The Morgan fingerprint density at radius 1 is 1.27 bits per heavy atom. The van der Waals surface area contributed by atoms with Gasteiger partial charge in [0, 0.05) is 23.2 Å². The van der Waals surface area contributed by atoms with E-state index in [1.165, 1.54) is 0 Å². The summed E-state index contributed by atoms with van der Waals surface area (Å²) in [5.74, 6) is 0.0891. The topological polar surface area (TPSA) is 98.2 Å². The van der Waals surface area contributed by atoms with E-state index in [4.69, 9.17) is 10.3 Å². The molecule has 22 heavy (non-hydrogen) atoms. The van der Waals surface area contributed by atoms with Crippen molar-refractivity contribution in [3.05, 3.63) is 46.3 Å². The monoisotopic (exact) mass is 301 g/mol. The van der Waals surface area contributed by atoms with Crippen LogP contribution in [0.3, 0.4) is 0 Å². The lowest BCUT2D eigenvalue weighted by atomic mass is 10.1. The highest BCUT2D eigenvalue weighted by atomic mass is 16.5. The quantitative estimate of drug-likeness (QED) is 0.885. The van der Waals surface area contributed by atoms with Gasteiger partial charge in [0.1, 0.15) is 5.76 Å². The number of carbonyl (C=O) groups is 2. The fraction of sp³-hybridized carbons (Fsp3) is 0.312. The van der Waals surface area contributed by atoms with E-state index in [1.54, 1.807) is 25.1 Å². The van der Waals surface area contributed by atoms with Gasteiger partial charge in [0.05, 0.1) is 5.69 Å². The molecule has 0 radical (unpaired) electrons. The van der Waals surface area contributed by atoms with Crippen LogP contribution in [0.15, 0.2) is 22.7 Å². The number of carbonyl (C=O) groups excluding carboxylic acids is 2. The third-order valence-electron chi connectivity index (χ3n) is 3.66. The summed E-state index contributed by atoms with van der Waals surface area (Å²) in [6.45, 7) is 5.43. The molecule has 0 bridgehead atoms. The molecule has 0 aliphatic rings. The van der Waals surface area contributed by atoms with Crippen molar-refractivity contribution < 1.29 is 14.1 Å². The van der Waals surface area contributed by atoms with Gasteiger partial charge in [-0.05, 0) is 44.9 Å². The van der Waals surface area contributed by atoms with Gasteiger partial charge in [0.25, 0.3) is 0 Å². The molecular formula is C16H19N3O3. The average molecular weight is 301 g/mol. The number of nitrogens with one attached hydrogen (secondary N) is 1. The van der Waals surface area contributed by atoms with Crippen molar-refractivity contribution in [1.29, 1.82) is 0 Å². The molecule has 2 rings (SSSR count). The van der Waals surface area contributed by atoms with E-state index in [9.17, 15) is 9.59 Å². The average Bonchev–Trinajstić information content (AvgIpc) is 2.78. The molecule has 0 unspecified atom stereocenters. The van der Waals surface area contributed by atoms with Crippen LogP contribution in [-0.2, 0) is 11.2 Å². The summed E-state index contributed by atoms with van der Waals surface area (Å²) in [5.41, 5.74) is 8.73. The normalized spacial score (nSPS) is 10.5. The van der Waals surface area contributed by atoms with E-state index < -0.39 is 5.91 Å². The van der Waals surface area contributed by atoms with E-state index >= 15 is 0 Å². The fourth-order valence-corrected chi connectivity index (χ4v) is 2.35. The molecule has 2 aromatic rings. The van der Waals surface area contributed by atoms with Gasteiger partial charge in [0.15, 0.2) is 0 Å². The van der Waals surface area contributed by atoms with Crippen molar-refractivity contribution in [3.63, 3.8) is 0 Å². The van der Waals surface area contributed by atoms with Crippen molar-refractivity contribution in [1.82, 2.24) is 5.16 Å². The Balaban J connectivity index is 2.04. The molecule has 3 N–H and O–H groups in total. The van der Waals surface area contributed by atoms with Gasteiger partial charge in [-0.25, -0.2) is 0 Å². The third kappa shape index (κ3) is 3.33.